The summed E-state index contributed by atoms with van der Waals surface area (Å²) in [6.45, 7) is 0. The first-order valence-electron chi connectivity index (χ1n) is 7.20. The number of aromatic carboxylic acids is 1. The predicted molar refractivity (Wildman–Crippen MR) is 91.4 cm³/mol. The first-order valence-corrected chi connectivity index (χ1v) is 7.20. The number of fused-ring (bicyclic) bond motifs is 1. The van der Waals surface area contributed by atoms with Crippen LogP contribution in [0.25, 0.3) is 23.1 Å². The van der Waals surface area contributed by atoms with Gasteiger partial charge in [-0.25, -0.2) is 4.79 Å². The minimum Gasteiger partial charge on any atom is -0.497 e. The second-order valence-electron chi connectivity index (χ2n) is 5.14. The highest BCUT2D eigenvalue weighted by molar-refractivity contribution is 5.92. The average molecular weight is 322 g/mol. The molecule has 3 aromatic rings. The van der Waals surface area contributed by atoms with Crippen LogP contribution in [0.1, 0.15) is 21.7 Å². The fraction of sp³-hybridized carbons (Fsp3) is 0.0526. The first kappa shape index (κ1) is 15.6. The van der Waals surface area contributed by atoms with Crippen LogP contribution in [0.3, 0.4) is 0 Å². The van der Waals surface area contributed by atoms with Gasteiger partial charge in [0.05, 0.1) is 18.1 Å². The second-order valence-corrected chi connectivity index (χ2v) is 5.14. The van der Waals surface area contributed by atoms with Gasteiger partial charge in [-0.05, 0) is 42.0 Å². The maximum absolute atomic E-state index is 12.2. The van der Waals surface area contributed by atoms with Crippen molar-refractivity contribution in [2.75, 3.05) is 7.11 Å². The van der Waals surface area contributed by atoms with Crippen molar-refractivity contribution in [3.63, 3.8) is 0 Å². The topological polar surface area (TPSA) is 76.7 Å². The molecule has 24 heavy (non-hydrogen) atoms. The van der Waals surface area contributed by atoms with Crippen molar-refractivity contribution in [2.24, 2.45) is 0 Å². The minimum atomic E-state index is -1.08. The molecule has 0 saturated heterocycles. The van der Waals surface area contributed by atoms with Crippen molar-refractivity contribution in [2.45, 2.75) is 0 Å². The molecule has 0 bridgehead atoms. The number of hydrogen-bond donors (Lipinski definition) is 1. The molecule has 5 heteroatoms. The van der Waals surface area contributed by atoms with E-state index >= 15 is 0 Å². The quantitative estimate of drug-likeness (QED) is 0.793. The van der Waals surface area contributed by atoms with Crippen molar-refractivity contribution in [3.8, 4) is 5.75 Å². The summed E-state index contributed by atoms with van der Waals surface area (Å²) >= 11 is 0. The number of rotatable bonds is 4. The number of hydrogen-bond acceptors (Lipinski definition) is 4. The van der Waals surface area contributed by atoms with Crippen LogP contribution in [-0.2, 0) is 0 Å². The van der Waals surface area contributed by atoms with E-state index in [9.17, 15) is 9.59 Å². The Hall–Kier alpha value is -3.34. The summed E-state index contributed by atoms with van der Waals surface area (Å²) in [6.07, 6.45) is 3.50. The van der Waals surface area contributed by atoms with Crippen molar-refractivity contribution in [1.82, 2.24) is 0 Å². The molecule has 0 spiro atoms. The molecule has 0 amide bonds. The van der Waals surface area contributed by atoms with Gasteiger partial charge >= 0.3 is 5.97 Å². The molecule has 0 radical (unpaired) electrons. The molecule has 5 nitrogen and oxygen atoms in total. The van der Waals surface area contributed by atoms with E-state index in [1.807, 2.05) is 30.3 Å². The van der Waals surface area contributed by atoms with Gasteiger partial charge in [0.25, 0.3) is 0 Å². The largest absolute Gasteiger partial charge is 0.497 e. The number of carbonyl (C=O) groups is 1. The highest BCUT2D eigenvalue weighted by Gasteiger charge is 2.08. The maximum atomic E-state index is 12.2. The number of benzene rings is 2. The zero-order chi connectivity index (χ0) is 17.1. The Bertz CT molecular complexity index is 981. The Morgan fingerprint density at radius 1 is 1.08 bits per heavy atom. The molecule has 0 fully saturated rings. The molecule has 0 aliphatic rings. The van der Waals surface area contributed by atoms with E-state index in [-0.39, 0.29) is 16.4 Å². The Balaban J connectivity index is 1.95. The highest BCUT2D eigenvalue weighted by atomic mass is 16.5. The lowest BCUT2D eigenvalue weighted by Crippen LogP contribution is -2.03. The lowest BCUT2D eigenvalue weighted by Gasteiger charge is -2.01. The maximum Gasteiger partial charge on any atom is 0.335 e. The van der Waals surface area contributed by atoms with Gasteiger partial charge in [-0.15, -0.1) is 0 Å². The number of ether oxygens (including phenoxy) is 1. The molecule has 0 aliphatic carbocycles. The first-order chi connectivity index (χ1) is 11.6. The van der Waals surface area contributed by atoms with Crippen LogP contribution in [0.15, 0.2) is 57.7 Å². The number of carboxylic acids is 1. The van der Waals surface area contributed by atoms with E-state index in [0.717, 1.165) is 11.3 Å². The average Bonchev–Trinajstić information content (AvgIpc) is 2.60. The summed E-state index contributed by atoms with van der Waals surface area (Å²) in [4.78, 5) is 23.1. The SMILES string of the molecule is COc1ccc(C=Cc2cc(=O)c3cc(C(=O)O)ccc3o2)cc1. The van der Waals surface area contributed by atoms with Gasteiger partial charge < -0.3 is 14.3 Å². The summed E-state index contributed by atoms with van der Waals surface area (Å²) in [6, 6.07) is 13.0. The fourth-order valence-electron chi connectivity index (χ4n) is 2.28. The van der Waals surface area contributed by atoms with Gasteiger partial charge in [0.1, 0.15) is 17.1 Å². The molecular weight excluding hydrogens is 308 g/mol. The van der Waals surface area contributed by atoms with Gasteiger partial charge in [0, 0.05) is 6.07 Å². The van der Waals surface area contributed by atoms with E-state index in [0.29, 0.717) is 11.3 Å². The van der Waals surface area contributed by atoms with Crippen molar-refractivity contribution < 1.29 is 19.1 Å². The van der Waals surface area contributed by atoms with Crippen LogP contribution in [0.5, 0.6) is 5.75 Å². The van der Waals surface area contributed by atoms with Gasteiger partial charge in [-0.2, -0.15) is 0 Å². The third kappa shape index (κ3) is 3.20. The fourth-order valence-corrected chi connectivity index (χ4v) is 2.28. The second kappa shape index (κ2) is 6.42. The van der Waals surface area contributed by atoms with Crippen LogP contribution < -0.4 is 10.2 Å². The molecular formula is C19H14O5. The minimum absolute atomic E-state index is 0.0522. The number of carboxylic acid groups (broad SMARTS) is 1. The third-order valence-electron chi connectivity index (χ3n) is 3.55. The van der Waals surface area contributed by atoms with Crippen LogP contribution in [-0.4, -0.2) is 18.2 Å². The van der Waals surface area contributed by atoms with Gasteiger partial charge in [-0.1, -0.05) is 18.2 Å². The zero-order valence-corrected chi connectivity index (χ0v) is 12.9. The summed E-state index contributed by atoms with van der Waals surface area (Å²) in [5, 5.41) is 9.23. The molecule has 0 aliphatic heterocycles. The molecule has 1 N–H and O–H groups in total. The lowest BCUT2D eigenvalue weighted by atomic mass is 10.1. The van der Waals surface area contributed by atoms with Crippen molar-refractivity contribution in [1.29, 1.82) is 0 Å². The highest BCUT2D eigenvalue weighted by Crippen LogP contribution is 2.17. The molecule has 0 saturated carbocycles. The van der Waals surface area contributed by atoms with Crippen LogP contribution in [0.2, 0.25) is 0 Å². The smallest absolute Gasteiger partial charge is 0.335 e. The molecule has 1 aromatic heterocycles. The number of methoxy groups -OCH3 is 1. The third-order valence-corrected chi connectivity index (χ3v) is 3.55. The van der Waals surface area contributed by atoms with E-state index in [1.54, 1.807) is 13.2 Å². The standard InChI is InChI=1S/C19H14O5/c1-23-14-6-2-12(3-7-14)4-8-15-11-17(20)16-10-13(19(21)22)5-9-18(16)24-15/h2-11H,1H3,(H,21,22). The van der Waals surface area contributed by atoms with E-state index in [2.05, 4.69) is 0 Å². The van der Waals surface area contributed by atoms with Crippen LogP contribution >= 0.6 is 0 Å². The molecule has 2 aromatic carbocycles. The van der Waals surface area contributed by atoms with Crippen LogP contribution in [0.4, 0.5) is 0 Å². The van der Waals surface area contributed by atoms with E-state index in [1.165, 1.54) is 24.3 Å². The monoisotopic (exact) mass is 322 g/mol. The summed E-state index contributed by atoms with van der Waals surface area (Å²) < 4.78 is 10.7. The molecule has 0 atom stereocenters. The summed E-state index contributed by atoms with van der Waals surface area (Å²) in [5.74, 6) is 0.0739. The summed E-state index contributed by atoms with van der Waals surface area (Å²) in [5.41, 5.74) is 1.05. The summed E-state index contributed by atoms with van der Waals surface area (Å²) in [7, 11) is 1.60. The van der Waals surface area contributed by atoms with Gasteiger partial charge in [-0.3, -0.25) is 4.79 Å². The lowest BCUT2D eigenvalue weighted by molar-refractivity contribution is 0.0697. The van der Waals surface area contributed by atoms with Crippen molar-refractivity contribution >= 4 is 29.1 Å². The normalized spacial score (nSPS) is 11.0. The van der Waals surface area contributed by atoms with Crippen molar-refractivity contribution in [3.05, 3.63) is 75.6 Å². The Labute approximate surface area is 137 Å². The zero-order valence-electron chi connectivity index (χ0n) is 12.9. The molecule has 1 heterocycles. The Morgan fingerprint density at radius 3 is 2.50 bits per heavy atom. The van der Waals surface area contributed by atoms with Gasteiger partial charge in [0.15, 0.2) is 5.43 Å². The molecule has 3 rings (SSSR count). The van der Waals surface area contributed by atoms with E-state index < -0.39 is 5.97 Å². The van der Waals surface area contributed by atoms with E-state index in [4.69, 9.17) is 14.3 Å². The molecule has 0 unspecified atom stereocenters. The Morgan fingerprint density at radius 2 is 1.83 bits per heavy atom. The predicted octanol–water partition coefficient (Wildman–Crippen LogP) is 3.67. The van der Waals surface area contributed by atoms with Crippen LogP contribution in [0, 0.1) is 0 Å². The van der Waals surface area contributed by atoms with Gasteiger partial charge in [0.2, 0.25) is 0 Å². The Kier molecular flexibility index (Phi) is 4.16. The molecule has 120 valence electrons.